The van der Waals surface area contributed by atoms with Gasteiger partial charge in [0, 0.05) is 30.5 Å². The van der Waals surface area contributed by atoms with Crippen molar-refractivity contribution in [3.05, 3.63) is 53.7 Å². The standard InChI is InChI=1S/C16H17N3O2/c20-10-8-18-16(21)13-5-7-17-15(11-13)19-9-6-12-3-1-2-4-14(12)19/h1-5,7,11,20H,6,8-10H2,(H,18,21). The molecule has 5 heteroatoms. The zero-order valence-electron chi connectivity index (χ0n) is 11.6. The van der Waals surface area contributed by atoms with Crippen LogP contribution in [-0.4, -0.2) is 35.7 Å². The molecule has 5 nitrogen and oxygen atoms in total. The quantitative estimate of drug-likeness (QED) is 0.892. The van der Waals surface area contributed by atoms with Crippen LogP contribution < -0.4 is 10.2 Å². The van der Waals surface area contributed by atoms with Gasteiger partial charge in [0.25, 0.3) is 5.91 Å². The molecule has 2 heterocycles. The van der Waals surface area contributed by atoms with Crippen molar-refractivity contribution in [3.63, 3.8) is 0 Å². The minimum absolute atomic E-state index is 0.0663. The number of fused-ring (bicyclic) bond motifs is 1. The molecular weight excluding hydrogens is 266 g/mol. The number of nitrogens with one attached hydrogen (secondary N) is 1. The van der Waals surface area contributed by atoms with Gasteiger partial charge in [-0.1, -0.05) is 18.2 Å². The van der Waals surface area contributed by atoms with E-state index < -0.39 is 0 Å². The Morgan fingerprint density at radius 1 is 1.33 bits per heavy atom. The van der Waals surface area contributed by atoms with Gasteiger partial charge in [-0.25, -0.2) is 4.98 Å². The fourth-order valence-electron chi connectivity index (χ4n) is 2.55. The number of anilines is 2. The Kier molecular flexibility index (Phi) is 3.83. The van der Waals surface area contributed by atoms with E-state index in [-0.39, 0.29) is 19.1 Å². The fraction of sp³-hybridized carbons (Fsp3) is 0.250. The Morgan fingerprint density at radius 3 is 3.05 bits per heavy atom. The van der Waals surface area contributed by atoms with E-state index in [1.807, 2.05) is 12.1 Å². The molecule has 0 atom stereocenters. The number of benzene rings is 1. The first-order valence-corrected chi connectivity index (χ1v) is 7.00. The molecular formula is C16H17N3O2. The second-order valence-electron chi connectivity index (χ2n) is 4.91. The maximum Gasteiger partial charge on any atom is 0.251 e. The number of para-hydroxylation sites is 1. The summed E-state index contributed by atoms with van der Waals surface area (Å²) in [7, 11) is 0. The molecule has 0 unspecified atom stereocenters. The van der Waals surface area contributed by atoms with Gasteiger partial charge >= 0.3 is 0 Å². The number of aliphatic hydroxyl groups excluding tert-OH is 1. The monoisotopic (exact) mass is 283 g/mol. The lowest BCUT2D eigenvalue weighted by Gasteiger charge is -2.18. The molecule has 1 amide bonds. The largest absolute Gasteiger partial charge is 0.395 e. The SMILES string of the molecule is O=C(NCCO)c1ccnc(N2CCc3ccccc32)c1. The first-order valence-electron chi connectivity index (χ1n) is 7.00. The van der Waals surface area contributed by atoms with Crippen LogP contribution in [0.3, 0.4) is 0 Å². The topological polar surface area (TPSA) is 65.5 Å². The number of nitrogens with zero attached hydrogens (tertiary/aromatic N) is 2. The molecule has 2 aromatic rings. The van der Waals surface area contributed by atoms with Crippen LogP contribution in [0.4, 0.5) is 11.5 Å². The van der Waals surface area contributed by atoms with Gasteiger partial charge < -0.3 is 15.3 Å². The van der Waals surface area contributed by atoms with Crippen molar-refractivity contribution < 1.29 is 9.90 Å². The van der Waals surface area contributed by atoms with E-state index >= 15 is 0 Å². The predicted octanol–water partition coefficient (Wildman–Crippen LogP) is 1.50. The van der Waals surface area contributed by atoms with Gasteiger partial charge in [-0.3, -0.25) is 4.79 Å². The summed E-state index contributed by atoms with van der Waals surface area (Å²) >= 11 is 0. The van der Waals surface area contributed by atoms with Crippen molar-refractivity contribution in [2.24, 2.45) is 0 Å². The molecule has 3 rings (SSSR count). The van der Waals surface area contributed by atoms with Crippen LogP contribution in [0.1, 0.15) is 15.9 Å². The average Bonchev–Trinajstić information content (AvgIpc) is 2.97. The molecule has 0 aliphatic carbocycles. The third kappa shape index (κ3) is 2.73. The van der Waals surface area contributed by atoms with E-state index in [1.165, 1.54) is 5.56 Å². The van der Waals surface area contributed by atoms with Crippen molar-refractivity contribution >= 4 is 17.4 Å². The molecule has 0 saturated heterocycles. The number of pyridine rings is 1. The maximum absolute atomic E-state index is 11.9. The van der Waals surface area contributed by atoms with Crippen molar-refractivity contribution in [1.29, 1.82) is 0 Å². The summed E-state index contributed by atoms with van der Waals surface area (Å²) in [6, 6.07) is 11.7. The van der Waals surface area contributed by atoms with Gasteiger partial charge in [-0.05, 0) is 30.2 Å². The summed E-state index contributed by atoms with van der Waals surface area (Å²) in [5, 5.41) is 11.4. The van der Waals surface area contributed by atoms with E-state index in [0.717, 1.165) is 24.5 Å². The summed E-state index contributed by atoms with van der Waals surface area (Å²) < 4.78 is 0. The zero-order chi connectivity index (χ0) is 14.7. The highest BCUT2D eigenvalue weighted by atomic mass is 16.3. The molecule has 108 valence electrons. The van der Waals surface area contributed by atoms with Crippen LogP contribution in [-0.2, 0) is 6.42 Å². The first kappa shape index (κ1) is 13.6. The Morgan fingerprint density at radius 2 is 2.19 bits per heavy atom. The predicted molar refractivity (Wildman–Crippen MR) is 80.8 cm³/mol. The van der Waals surface area contributed by atoms with Crippen LogP contribution in [0.15, 0.2) is 42.6 Å². The molecule has 1 aromatic heterocycles. The van der Waals surface area contributed by atoms with E-state index in [4.69, 9.17) is 5.11 Å². The van der Waals surface area contributed by atoms with Gasteiger partial charge in [0.05, 0.1) is 6.61 Å². The number of amides is 1. The Hall–Kier alpha value is -2.40. The molecule has 1 aromatic carbocycles. The molecule has 1 aliphatic rings. The van der Waals surface area contributed by atoms with Crippen LogP contribution >= 0.6 is 0 Å². The maximum atomic E-state index is 11.9. The van der Waals surface area contributed by atoms with Gasteiger partial charge in [0.15, 0.2) is 0 Å². The summed E-state index contributed by atoms with van der Waals surface area (Å²) in [6.07, 6.45) is 2.63. The summed E-state index contributed by atoms with van der Waals surface area (Å²) in [4.78, 5) is 18.5. The molecule has 0 radical (unpaired) electrons. The lowest BCUT2D eigenvalue weighted by Crippen LogP contribution is -2.26. The van der Waals surface area contributed by atoms with Gasteiger partial charge in [-0.15, -0.1) is 0 Å². The molecule has 1 aliphatic heterocycles. The van der Waals surface area contributed by atoms with Crippen LogP contribution in [0, 0.1) is 0 Å². The number of carbonyl (C=O) groups excluding carboxylic acids is 1. The van der Waals surface area contributed by atoms with E-state index in [2.05, 4.69) is 27.3 Å². The van der Waals surface area contributed by atoms with Crippen LogP contribution in [0.25, 0.3) is 0 Å². The summed E-state index contributed by atoms with van der Waals surface area (Å²) in [5.74, 6) is 0.580. The highest BCUT2D eigenvalue weighted by Gasteiger charge is 2.21. The van der Waals surface area contributed by atoms with E-state index in [1.54, 1.807) is 18.3 Å². The second kappa shape index (κ2) is 5.93. The molecule has 0 saturated carbocycles. The van der Waals surface area contributed by atoms with Gasteiger partial charge in [0.1, 0.15) is 5.82 Å². The minimum Gasteiger partial charge on any atom is -0.395 e. The lowest BCUT2D eigenvalue weighted by atomic mass is 10.2. The van der Waals surface area contributed by atoms with Crippen molar-refractivity contribution in [1.82, 2.24) is 10.3 Å². The van der Waals surface area contributed by atoms with E-state index in [0.29, 0.717) is 5.56 Å². The average molecular weight is 283 g/mol. The number of rotatable bonds is 4. The Labute approximate surface area is 123 Å². The molecule has 2 N–H and O–H groups in total. The summed E-state index contributed by atoms with van der Waals surface area (Å²) in [5.41, 5.74) is 3.00. The third-order valence-corrected chi connectivity index (χ3v) is 3.57. The van der Waals surface area contributed by atoms with Crippen molar-refractivity contribution in [2.45, 2.75) is 6.42 Å². The van der Waals surface area contributed by atoms with Crippen molar-refractivity contribution in [3.8, 4) is 0 Å². The van der Waals surface area contributed by atoms with Crippen LogP contribution in [0.5, 0.6) is 0 Å². The van der Waals surface area contributed by atoms with Gasteiger partial charge in [-0.2, -0.15) is 0 Å². The second-order valence-corrected chi connectivity index (χ2v) is 4.91. The molecule has 0 spiro atoms. The Balaban J connectivity index is 1.86. The number of aromatic nitrogens is 1. The first-order chi connectivity index (χ1) is 10.3. The van der Waals surface area contributed by atoms with Crippen molar-refractivity contribution in [2.75, 3.05) is 24.6 Å². The zero-order valence-corrected chi connectivity index (χ0v) is 11.6. The number of carbonyl (C=O) groups is 1. The minimum atomic E-state index is -0.194. The number of hydrogen-bond acceptors (Lipinski definition) is 4. The summed E-state index contributed by atoms with van der Waals surface area (Å²) in [6.45, 7) is 1.06. The smallest absolute Gasteiger partial charge is 0.251 e. The van der Waals surface area contributed by atoms with Gasteiger partial charge in [0.2, 0.25) is 0 Å². The van der Waals surface area contributed by atoms with E-state index in [9.17, 15) is 4.79 Å². The lowest BCUT2D eigenvalue weighted by molar-refractivity contribution is 0.0944. The van der Waals surface area contributed by atoms with Crippen LogP contribution in [0.2, 0.25) is 0 Å². The highest BCUT2D eigenvalue weighted by Crippen LogP contribution is 2.33. The molecule has 0 bridgehead atoms. The number of aliphatic hydroxyl groups is 1. The highest BCUT2D eigenvalue weighted by molar-refractivity contribution is 5.95. The normalized spacial score (nSPS) is 13.1. The number of hydrogen-bond donors (Lipinski definition) is 2. The molecule has 0 fully saturated rings. The third-order valence-electron chi connectivity index (χ3n) is 3.57. The Bertz CT molecular complexity index is 657. The molecule has 21 heavy (non-hydrogen) atoms. The fourth-order valence-corrected chi connectivity index (χ4v) is 2.55.